The van der Waals surface area contributed by atoms with Gasteiger partial charge in [0, 0.05) is 29.7 Å². The molecule has 1 unspecified atom stereocenters. The highest BCUT2D eigenvalue weighted by molar-refractivity contribution is 6.08. The topological polar surface area (TPSA) is 46.8 Å². The smallest absolute Gasteiger partial charge is 0.258 e. The van der Waals surface area contributed by atoms with Gasteiger partial charge in [0.2, 0.25) is 0 Å². The van der Waals surface area contributed by atoms with Crippen molar-refractivity contribution in [3.05, 3.63) is 95.4 Å². The minimum absolute atomic E-state index is 0.00102. The Morgan fingerprint density at radius 3 is 2.87 bits per heavy atom. The summed E-state index contributed by atoms with van der Waals surface area (Å²) in [6.45, 7) is 4.49. The third-order valence-electron chi connectivity index (χ3n) is 5.54. The van der Waals surface area contributed by atoms with Gasteiger partial charge in [0.25, 0.3) is 5.91 Å². The third kappa shape index (κ3) is 3.32. The fourth-order valence-electron chi connectivity index (χ4n) is 4.12. The van der Waals surface area contributed by atoms with Gasteiger partial charge in [-0.3, -0.25) is 4.79 Å². The summed E-state index contributed by atoms with van der Waals surface area (Å²) in [7, 11) is 0. The molecule has 0 bridgehead atoms. The Kier molecular flexibility index (Phi) is 4.51. The van der Waals surface area contributed by atoms with E-state index < -0.39 is 0 Å². The van der Waals surface area contributed by atoms with Crippen molar-refractivity contribution in [3.63, 3.8) is 0 Å². The van der Waals surface area contributed by atoms with E-state index in [-0.39, 0.29) is 11.9 Å². The van der Waals surface area contributed by atoms with Crippen LogP contribution in [-0.4, -0.2) is 21.3 Å². The third-order valence-corrected chi connectivity index (χ3v) is 5.54. The molecule has 5 heteroatoms. The monoisotopic (exact) mass is 397 g/mol. The van der Waals surface area contributed by atoms with Gasteiger partial charge in [0.05, 0.1) is 5.69 Å². The molecule has 0 N–H and O–H groups in total. The number of ether oxygens (including phenoxy) is 1. The number of carbonyl (C=O) groups is 1. The van der Waals surface area contributed by atoms with Gasteiger partial charge in [-0.2, -0.15) is 0 Å². The summed E-state index contributed by atoms with van der Waals surface area (Å²) >= 11 is 0. The first-order valence-corrected chi connectivity index (χ1v) is 10.2. The summed E-state index contributed by atoms with van der Waals surface area (Å²) in [5, 5.41) is 0. The molecule has 150 valence electrons. The molecule has 2 aromatic carbocycles. The van der Waals surface area contributed by atoms with Crippen molar-refractivity contribution in [1.82, 2.24) is 9.38 Å². The van der Waals surface area contributed by atoms with Gasteiger partial charge < -0.3 is 14.0 Å². The second-order valence-electron chi connectivity index (χ2n) is 7.88. The number of imidazole rings is 1. The number of aryl methyl sites for hydroxylation is 1. The van der Waals surface area contributed by atoms with Crippen molar-refractivity contribution in [2.45, 2.75) is 32.9 Å². The molecule has 0 saturated carbocycles. The van der Waals surface area contributed by atoms with E-state index in [9.17, 15) is 4.79 Å². The molecule has 5 nitrogen and oxygen atoms in total. The minimum atomic E-state index is 0.00102. The molecule has 0 saturated heterocycles. The maximum Gasteiger partial charge on any atom is 0.258 e. The molecule has 1 aliphatic rings. The average molecular weight is 397 g/mol. The van der Waals surface area contributed by atoms with E-state index in [1.807, 2.05) is 76.3 Å². The predicted octanol–water partition coefficient (Wildman–Crippen LogP) is 4.81. The largest absolute Gasteiger partial charge is 0.487 e. The number of para-hydroxylation sites is 1. The lowest BCUT2D eigenvalue weighted by Crippen LogP contribution is -2.35. The van der Waals surface area contributed by atoms with E-state index >= 15 is 0 Å². The van der Waals surface area contributed by atoms with Gasteiger partial charge in [0.15, 0.2) is 0 Å². The number of pyridine rings is 1. The van der Waals surface area contributed by atoms with Gasteiger partial charge in [-0.05, 0) is 61.7 Å². The van der Waals surface area contributed by atoms with Crippen molar-refractivity contribution in [2.75, 3.05) is 4.90 Å². The van der Waals surface area contributed by atoms with Gasteiger partial charge in [-0.1, -0.05) is 30.3 Å². The molecule has 1 aliphatic heterocycles. The molecule has 0 spiro atoms. The van der Waals surface area contributed by atoms with E-state index in [0.29, 0.717) is 17.9 Å². The summed E-state index contributed by atoms with van der Waals surface area (Å²) in [4.78, 5) is 19.7. The van der Waals surface area contributed by atoms with E-state index in [1.165, 1.54) is 11.1 Å². The first-order chi connectivity index (χ1) is 14.6. The summed E-state index contributed by atoms with van der Waals surface area (Å²) in [6, 6.07) is 19.7. The Balaban J connectivity index is 1.34. The van der Waals surface area contributed by atoms with E-state index in [1.54, 1.807) is 0 Å². The van der Waals surface area contributed by atoms with Crippen molar-refractivity contribution < 1.29 is 9.53 Å². The number of carbonyl (C=O) groups excluding carboxylic acids is 1. The Labute approximate surface area is 175 Å². The van der Waals surface area contributed by atoms with Crippen LogP contribution in [0.15, 0.2) is 73.1 Å². The van der Waals surface area contributed by atoms with Crippen LogP contribution in [0.1, 0.15) is 34.1 Å². The number of benzene rings is 2. The number of rotatable bonds is 4. The summed E-state index contributed by atoms with van der Waals surface area (Å²) in [6.07, 6.45) is 4.89. The van der Waals surface area contributed by atoms with Crippen LogP contribution < -0.4 is 9.64 Å². The molecule has 0 radical (unpaired) electrons. The van der Waals surface area contributed by atoms with Crippen LogP contribution in [0.4, 0.5) is 5.69 Å². The Morgan fingerprint density at radius 2 is 1.97 bits per heavy atom. The molecule has 2 aromatic heterocycles. The lowest BCUT2D eigenvalue weighted by molar-refractivity contribution is 0.0981. The van der Waals surface area contributed by atoms with Crippen LogP contribution in [0.3, 0.4) is 0 Å². The van der Waals surface area contributed by atoms with E-state index in [2.05, 4.69) is 24.9 Å². The zero-order valence-corrected chi connectivity index (χ0v) is 17.1. The van der Waals surface area contributed by atoms with Crippen molar-refractivity contribution >= 4 is 17.2 Å². The van der Waals surface area contributed by atoms with Crippen LogP contribution in [0.2, 0.25) is 0 Å². The standard InChI is InChI=1S/C25H23N3O2/c1-17-10-11-24-26-21(15-27(24)14-17)16-30-22-8-5-7-20(13-22)25(29)28-18(2)12-19-6-3-4-9-23(19)28/h3-11,13-15,18H,12,16H2,1-2H3. The quantitative estimate of drug-likeness (QED) is 0.496. The molecular formula is C25H23N3O2. The Bertz CT molecular complexity index is 1240. The Hall–Kier alpha value is -3.60. The second-order valence-corrected chi connectivity index (χ2v) is 7.88. The first-order valence-electron chi connectivity index (χ1n) is 10.2. The van der Waals surface area contributed by atoms with E-state index in [4.69, 9.17) is 4.74 Å². The van der Waals surface area contributed by atoms with Gasteiger partial charge in [-0.25, -0.2) is 4.98 Å². The zero-order valence-electron chi connectivity index (χ0n) is 17.1. The molecule has 5 rings (SSSR count). The van der Waals surface area contributed by atoms with Crippen LogP contribution >= 0.6 is 0 Å². The number of hydrogen-bond donors (Lipinski definition) is 0. The number of anilines is 1. The predicted molar refractivity (Wildman–Crippen MR) is 117 cm³/mol. The van der Waals surface area contributed by atoms with Gasteiger partial charge >= 0.3 is 0 Å². The van der Waals surface area contributed by atoms with E-state index in [0.717, 1.165) is 23.4 Å². The highest BCUT2D eigenvalue weighted by atomic mass is 16.5. The Morgan fingerprint density at radius 1 is 1.10 bits per heavy atom. The van der Waals surface area contributed by atoms with Crippen LogP contribution in [0.5, 0.6) is 5.75 Å². The van der Waals surface area contributed by atoms with Gasteiger partial charge in [-0.15, -0.1) is 0 Å². The normalized spacial score (nSPS) is 15.4. The number of amides is 1. The highest BCUT2D eigenvalue weighted by Gasteiger charge is 2.31. The minimum Gasteiger partial charge on any atom is -0.487 e. The second kappa shape index (κ2) is 7.34. The lowest BCUT2D eigenvalue weighted by Gasteiger charge is -2.23. The lowest BCUT2D eigenvalue weighted by atomic mass is 10.1. The average Bonchev–Trinajstić information content (AvgIpc) is 3.31. The van der Waals surface area contributed by atoms with Crippen LogP contribution in [-0.2, 0) is 13.0 Å². The summed E-state index contributed by atoms with van der Waals surface area (Å²) in [5.41, 5.74) is 5.76. The van der Waals surface area contributed by atoms with Crippen LogP contribution in [0.25, 0.3) is 5.65 Å². The molecule has 3 heterocycles. The fraction of sp³-hybridized carbons (Fsp3) is 0.200. The summed E-state index contributed by atoms with van der Waals surface area (Å²) < 4.78 is 7.96. The number of nitrogens with zero attached hydrogens (tertiary/aromatic N) is 3. The highest BCUT2D eigenvalue weighted by Crippen LogP contribution is 2.33. The molecule has 4 aromatic rings. The number of hydrogen-bond acceptors (Lipinski definition) is 3. The fourth-order valence-corrected chi connectivity index (χ4v) is 4.12. The zero-order chi connectivity index (χ0) is 20.7. The molecule has 1 atom stereocenters. The maximum atomic E-state index is 13.3. The van der Waals surface area contributed by atoms with Crippen molar-refractivity contribution in [2.24, 2.45) is 0 Å². The van der Waals surface area contributed by atoms with Gasteiger partial charge in [0.1, 0.15) is 18.0 Å². The molecule has 1 amide bonds. The molecule has 30 heavy (non-hydrogen) atoms. The number of fused-ring (bicyclic) bond motifs is 2. The SMILES string of the molecule is Cc1ccc2nc(COc3cccc(C(=O)N4c5ccccc5CC4C)c3)cn2c1. The molecule has 0 fully saturated rings. The maximum absolute atomic E-state index is 13.3. The first kappa shape index (κ1) is 18.4. The van der Waals surface area contributed by atoms with Crippen molar-refractivity contribution in [1.29, 1.82) is 0 Å². The molecule has 0 aliphatic carbocycles. The van der Waals surface area contributed by atoms with Crippen molar-refractivity contribution in [3.8, 4) is 5.75 Å². The summed E-state index contributed by atoms with van der Waals surface area (Å²) in [5.74, 6) is 0.662. The van der Waals surface area contributed by atoms with Crippen LogP contribution in [0, 0.1) is 6.92 Å². The molecular weight excluding hydrogens is 374 g/mol. The number of aromatic nitrogens is 2.